The third-order valence-electron chi connectivity index (χ3n) is 3.94. The Labute approximate surface area is 97.9 Å². The van der Waals surface area contributed by atoms with E-state index in [-0.39, 0.29) is 11.9 Å². The molecule has 0 aromatic carbocycles. The number of carbonyl (C=O) groups is 1. The minimum absolute atomic E-state index is 0.0274. The summed E-state index contributed by atoms with van der Waals surface area (Å²) >= 11 is 0. The summed E-state index contributed by atoms with van der Waals surface area (Å²) < 4.78 is 5.17. The highest BCUT2D eigenvalue weighted by Gasteiger charge is 2.42. The van der Waals surface area contributed by atoms with Crippen LogP contribution in [-0.2, 0) is 9.53 Å². The average molecular weight is 228 g/mol. The molecule has 1 amide bonds. The van der Waals surface area contributed by atoms with Crippen LogP contribution in [0, 0.1) is 5.41 Å². The molecule has 1 rings (SSSR count). The van der Waals surface area contributed by atoms with Gasteiger partial charge >= 0.3 is 0 Å². The van der Waals surface area contributed by atoms with Gasteiger partial charge in [0.25, 0.3) is 0 Å². The fraction of sp³-hybridized carbons (Fsp3) is 0.917. The van der Waals surface area contributed by atoms with Gasteiger partial charge in [-0.25, -0.2) is 0 Å². The fourth-order valence-corrected chi connectivity index (χ4v) is 1.53. The number of ether oxygens (including phenoxy) is 1. The van der Waals surface area contributed by atoms with Crippen LogP contribution in [0.2, 0.25) is 0 Å². The molecule has 0 saturated heterocycles. The van der Waals surface area contributed by atoms with E-state index < -0.39 is 11.0 Å². The number of hydrogen-bond donors (Lipinski definition) is 2. The van der Waals surface area contributed by atoms with Crippen molar-refractivity contribution in [3.63, 3.8) is 0 Å². The number of hydrogen-bond acceptors (Lipinski definition) is 3. The molecule has 16 heavy (non-hydrogen) atoms. The second kappa shape index (κ2) is 4.34. The molecule has 4 heteroatoms. The Balaban J connectivity index is 2.48. The Morgan fingerprint density at radius 1 is 1.31 bits per heavy atom. The van der Waals surface area contributed by atoms with Crippen molar-refractivity contribution in [2.45, 2.75) is 58.2 Å². The van der Waals surface area contributed by atoms with E-state index in [2.05, 4.69) is 5.32 Å². The molecule has 1 fully saturated rings. The van der Waals surface area contributed by atoms with Crippen molar-refractivity contribution < 1.29 is 9.53 Å². The van der Waals surface area contributed by atoms with Crippen LogP contribution in [0.4, 0.5) is 0 Å². The molecule has 0 unspecified atom stereocenters. The SMILES string of the molecule is COC1CC(NC(=O)C(C)(C)C(C)(C)N)C1. The van der Waals surface area contributed by atoms with Crippen LogP contribution in [0.1, 0.15) is 40.5 Å². The lowest BCUT2D eigenvalue weighted by molar-refractivity contribution is -0.134. The first-order valence-corrected chi connectivity index (χ1v) is 5.81. The van der Waals surface area contributed by atoms with Crippen LogP contribution in [-0.4, -0.2) is 30.7 Å². The quantitative estimate of drug-likeness (QED) is 0.755. The Hall–Kier alpha value is -0.610. The van der Waals surface area contributed by atoms with Gasteiger partial charge in [0.2, 0.25) is 5.91 Å². The first kappa shape index (κ1) is 13.5. The first-order chi connectivity index (χ1) is 7.18. The summed E-state index contributed by atoms with van der Waals surface area (Å²) in [6.07, 6.45) is 2.12. The molecular formula is C12H24N2O2. The number of nitrogens with one attached hydrogen (secondary N) is 1. The van der Waals surface area contributed by atoms with E-state index in [1.54, 1.807) is 7.11 Å². The molecule has 0 aromatic heterocycles. The summed E-state index contributed by atoms with van der Waals surface area (Å²) in [5.41, 5.74) is 4.93. The highest BCUT2D eigenvalue weighted by atomic mass is 16.5. The third kappa shape index (κ3) is 2.55. The van der Waals surface area contributed by atoms with Gasteiger partial charge in [-0.15, -0.1) is 0 Å². The number of carbonyl (C=O) groups excluding carboxylic acids is 1. The number of methoxy groups -OCH3 is 1. The second-order valence-electron chi connectivity index (χ2n) is 5.85. The largest absolute Gasteiger partial charge is 0.381 e. The van der Waals surface area contributed by atoms with Gasteiger partial charge in [-0.2, -0.15) is 0 Å². The van der Waals surface area contributed by atoms with Crippen molar-refractivity contribution in [2.24, 2.45) is 11.1 Å². The molecule has 3 N–H and O–H groups in total. The Kier molecular flexibility index (Phi) is 3.65. The standard InChI is InChI=1S/C12H24N2O2/c1-11(2,12(3,4)13)10(15)14-8-6-9(7-8)16-5/h8-9H,6-7,13H2,1-5H3,(H,14,15). The molecule has 0 spiro atoms. The average Bonchev–Trinajstić information content (AvgIpc) is 2.07. The van der Waals surface area contributed by atoms with Crippen molar-refractivity contribution in [3.05, 3.63) is 0 Å². The minimum Gasteiger partial charge on any atom is -0.381 e. The van der Waals surface area contributed by atoms with E-state index >= 15 is 0 Å². The van der Waals surface area contributed by atoms with Gasteiger partial charge in [0.15, 0.2) is 0 Å². The summed E-state index contributed by atoms with van der Waals surface area (Å²) in [4.78, 5) is 12.1. The molecule has 0 aliphatic heterocycles. The van der Waals surface area contributed by atoms with E-state index in [0.29, 0.717) is 6.10 Å². The first-order valence-electron chi connectivity index (χ1n) is 5.81. The van der Waals surface area contributed by atoms with Crippen LogP contribution in [0.3, 0.4) is 0 Å². The molecule has 1 aliphatic carbocycles. The Morgan fingerprint density at radius 3 is 2.19 bits per heavy atom. The van der Waals surface area contributed by atoms with Gasteiger partial charge in [-0.3, -0.25) is 4.79 Å². The van der Waals surface area contributed by atoms with E-state index in [1.807, 2.05) is 27.7 Å². The highest BCUT2D eigenvalue weighted by molar-refractivity contribution is 5.83. The van der Waals surface area contributed by atoms with E-state index in [0.717, 1.165) is 12.8 Å². The molecule has 1 saturated carbocycles. The summed E-state index contributed by atoms with van der Waals surface area (Å²) in [5, 5.41) is 3.03. The predicted molar refractivity (Wildman–Crippen MR) is 64.0 cm³/mol. The van der Waals surface area contributed by atoms with Gasteiger partial charge in [0.05, 0.1) is 11.5 Å². The zero-order chi connectivity index (χ0) is 12.6. The van der Waals surface area contributed by atoms with E-state index in [1.165, 1.54) is 0 Å². The molecule has 4 nitrogen and oxygen atoms in total. The lowest BCUT2D eigenvalue weighted by atomic mass is 9.74. The molecular weight excluding hydrogens is 204 g/mol. The van der Waals surface area contributed by atoms with Crippen molar-refractivity contribution >= 4 is 5.91 Å². The van der Waals surface area contributed by atoms with Crippen molar-refractivity contribution in [3.8, 4) is 0 Å². The van der Waals surface area contributed by atoms with Crippen LogP contribution in [0.5, 0.6) is 0 Å². The van der Waals surface area contributed by atoms with Crippen LogP contribution >= 0.6 is 0 Å². The topological polar surface area (TPSA) is 64.3 Å². The van der Waals surface area contributed by atoms with Crippen LogP contribution in [0.15, 0.2) is 0 Å². The fourth-order valence-electron chi connectivity index (χ4n) is 1.53. The predicted octanol–water partition coefficient (Wildman–Crippen LogP) is 1.04. The highest BCUT2D eigenvalue weighted by Crippen LogP contribution is 2.30. The van der Waals surface area contributed by atoms with Crippen molar-refractivity contribution in [2.75, 3.05) is 7.11 Å². The Morgan fingerprint density at radius 2 is 1.81 bits per heavy atom. The monoisotopic (exact) mass is 228 g/mol. The van der Waals surface area contributed by atoms with Gasteiger partial charge in [0, 0.05) is 18.7 Å². The molecule has 0 heterocycles. The maximum Gasteiger partial charge on any atom is 0.227 e. The Bertz CT molecular complexity index is 263. The third-order valence-corrected chi connectivity index (χ3v) is 3.94. The lowest BCUT2D eigenvalue weighted by Crippen LogP contribution is -2.59. The summed E-state index contributed by atoms with van der Waals surface area (Å²) in [5.74, 6) is 0.0274. The number of amides is 1. The summed E-state index contributed by atoms with van der Waals surface area (Å²) in [6, 6.07) is 0.249. The lowest BCUT2D eigenvalue weighted by Gasteiger charge is -2.41. The molecule has 0 aromatic rings. The molecule has 94 valence electrons. The molecule has 0 bridgehead atoms. The maximum absolute atomic E-state index is 12.1. The normalized spacial score (nSPS) is 26.1. The van der Waals surface area contributed by atoms with Gasteiger partial charge in [-0.05, 0) is 40.5 Å². The number of rotatable bonds is 4. The number of nitrogens with two attached hydrogens (primary N) is 1. The van der Waals surface area contributed by atoms with Gasteiger partial charge < -0.3 is 15.8 Å². The van der Waals surface area contributed by atoms with Gasteiger partial charge in [-0.1, -0.05) is 0 Å². The van der Waals surface area contributed by atoms with E-state index in [4.69, 9.17) is 10.5 Å². The minimum atomic E-state index is -0.564. The molecule has 1 aliphatic rings. The zero-order valence-corrected chi connectivity index (χ0v) is 11.0. The maximum atomic E-state index is 12.1. The molecule has 0 radical (unpaired) electrons. The molecule has 0 atom stereocenters. The van der Waals surface area contributed by atoms with E-state index in [9.17, 15) is 4.79 Å². The van der Waals surface area contributed by atoms with Crippen molar-refractivity contribution in [1.82, 2.24) is 5.32 Å². The second-order valence-corrected chi connectivity index (χ2v) is 5.85. The smallest absolute Gasteiger partial charge is 0.227 e. The van der Waals surface area contributed by atoms with Crippen LogP contribution < -0.4 is 11.1 Å². The van der Waals surface area contributed by atoms with Crippen molar-refractivity contribution in [1.29, 1.82) is 0 Å². The summed E-state index contributed by atoms with van der Waals surface area (Å²) in [6.45, 7) is 7.53. The van der Waals surface area contributed by atoms with Crippen LogP contribution in [0.25, 0.3) is 0 Å². The summed E-state index contributed by atoms with van der Waals surface area (Å²) in [7, 11) is 1.70. The zero-order valence-electron chi connectivity index (χ0n) is 11.0. The van der Waals surface area contributed by atoms with Gasteiger partial charge in [0.1, 0.15) is 0 Å².